The van der Waals surface area contributed by atoms with Crippen LogP contribution in [0.3, 0.4) is 0 Å². The molecule has 0 N–H and O–H groups in total. The largest absolute Gasteiger partial charge is 0.463 e. The molecule has 1 heterocycles. The second-order valence-electron chi connectivity index (χ2n) is 3.64. The van der Waals surface area contributed by atoms with E-state index in [1.807, 2.05) is 0 Å². The van der Waals surface area contributed by atoms with Gasteiger partial charge < -0.3 is 9.64 Å². The van der Waals surface area contributed by atoms with E-state index in [4.69, 9.17) is 0 Å². The number of hydrogen-bond donors (Lipinski definition) is 1. The Morgan fingerprint density at radius 2 is 2.22 bits per heavy atom. The van der Waals surface area contributed by atoms with Crippen LogP contribution in [-0.2, 0) is 14.3 Å². The highest BCUT2D eigenvalue weighted by atomic mass is 32.1. The molecule has 0 radical (unpaired) electrons. The van der Waals surface area contributed by atoms with Crippen molar-refractivity contribution in [2.24, 2.45) is 0 Å². The van der Waals surface area contributed by atoms with Gasteiger partial charge in [0.05, 0.1) is 12.7 Å². The molecule has 0 aromatic heterocycles. The van der Waals surface area contributed by atoms with Crippen LogP contribution in [-0.4, -0.2) is 41.4 Å². The molecule has 1 aliphatic rings. The lowest BCUT2D eigenvalue weighted by molar-refractivity contribution is -0.142. The van der Waals surface area contributed by atoms with Crippen molar-refractivity contribution in [1.82, 2.24) is 4.90 Å². The fraction of sp³-hybridized carbons (Fsp3) is 0.600. The summed E-state index contributed by atoms with van der Waals surface area (Å²) in [4.78, 5) is 23.0. The lowest BCUT2D eigenvalue weighted by Gasteiger charge is -2.21. The average Bonchev–Trinajstić information content (AvgIpc) is 2.53. The second kappa shape index (κ2) is 5.64. The maximum absolute atomic E-state index is 12.8. The predicted octanol–water partition coefficient (Wildman–Crippen LogP) is 1.53. The highest BCUT2D eigenvalue weighted by Crippen LogP contribution is 2.32. The van der Waals surface area contributed by atoms with E-state index in [0.29, 0.717) is 11.0 Å². The summed E-state index contributed by atoms with van der Waals surface area (Å²) in [7, 11) is 0. The number of alkyl halides is 3. The van der Waals surface area contributed by atoms with E-state index in [-0.39, 0.29) is 19.6 Å². The molecule has 1 amide bonds. The number of nitrogens with zero attached hydrogens (tertiary/aromatic N) is 1. The first-order valence-corrected chi connectivity index (χ1v) is 5.71. The van der Waals surface area contributed by atoms with E-state index in [9.17, 15) is 22.8 Å². The molecule has 1 saturated heterocycles. The van der Waals surface area contributed by atoms with Crippen LogP contribution in [0.1, 0.15) is 13.3 Å². The van der Waals surface area contributed by atoms with Gasteiger partial charge in [-0.05, 0) is 6.92 Å². The fourth-order valence-corrected chi connectivity index (χ4v) is 1.85. The summed E-state index contributed by atoms with van der Waals surface area (Å²) >= 11 is 3.96. The molecule has 0 aromatic carbocycles. The van der Waals surface area contributed by atoms with Gasteiger partial charge in [-0.25, -0.2) is 4.79 Å². The molecule has 18 heavy (non-hydrogen) atoms. The van der Waals surface area contributed by atoms with E-state index in [1.165, 1.54) is 6.92 Å². The Balaban J connectivity index is 3.00. The van der Waals surface area contributed by atoms with Crippen LogP contribution >= 0.6 is 12.6 Å². The van der Waals surface area contributed by atoms with Crippen LogP contribution in [0.2, 0.25) is 0 Å². The van der Waals surface area contributed by atoms with E-state index < -0.39 is 29.0 Å². The van der Waals surface area contributed by atoms with E-state index in [1.54, 1.807) is 0 Å². The highest BCUT2D eigenvalue weighted by molar-refractivity contribution is 7.81. The number of carbonyl (C=O) groups excluding carboxylic acids is 2. The van der Waals surface area contributed by atoms with Gasteiger partial charge in [-0.2, -0.15) is 25.8 Å². The molecule has 0 saturated carbocycles. The van der Waals surface area contributed by atoms with Crippen LogP contribution in [0.5, 0.6) is 0 Å². The molecule has 102 valence electrons. The molecule has 0 aromatic rings. The standard InChI is InChI=1S/C10H12F3NO3S/c1-2-17-9(16)4-7(10(11,12)13)14-5-6(18)3-8(14)15/h4,6,18H,2-3,5H2,1H3. The molecule has 0 aliphatic carbocycles. The normalized spacial score (nSPS) is 21.4. The van der Waals surface area contributed by atoms with Gasteiger partial charge in [0.25, 0.3) is 0 Å². The number of carbonyl (C=O) groups is 2. The summed E-state index contributed by atoms with van der Waals surface area (Å²) in [5.74, 6) is -1.83. The van der Waals surface area contributed by atoms with Crippen LogP contribution in [0.25, 0.3) is 0 Å². The Bertz CT molecular complexity index is 381. The van der Waals surface area contributed by atoms with E-state index in [2.05, 4.69) is 17.4 Å². The van der Waals surface area contributed by atoms with Gasteiger partial charge in [-0.1, -0.05) is 0 Å². The van der Waals surface area contributed by atoms with Crippen molar-refractivity contribution >= 4 is 24.5 Å². The van der Waals surface area contributed by atoms with Crippen LogP contribution in [0.15, 0.2) is 11.8 Å². The minimum absolute atomic E-state index is 0.0381. The number of thiol groups is 1. The van der Waals surface area contributed by atoms with Crippen molar-refractivity contribution < 1.29 is 27.5 Å². The Labute approximate surface area is 107 Å². The van der Waals surface area contributed by atoms with Crippen LogP contribution in [0, 0.1) is 0 Å². The SMILES string of the molecule is CCOC(=O)C=C(N1CC(S)CC1=O)C(F)(F)F. The summed E-state index contributed by atoms with van der Waals surface area (Å²) in [6.07, 6.45) is -4.58. The fourth-order valence-electron chi connectivity index (χ4n) is 1.53. The molecule has 1 rings (SSSR count). The first kappa shape index (κ1) is 14.9. The van der Waals surface area contributed by atoms with E-state index >= 15 is 0 Å². The summed E-state index contributed by atoms with van der Waals surface area (Å²) in [5, 5.41) is -0.467. The van der Waals surface area contributed by atoms with Gasteiger partial charge in [-0.15, -0.1) is 0 Å². The lowest BCUT2D eigenvalue weighted by atomic mass is 10.3. The summed E-state index contributed by atoms with van der Waals surface area (Å²) in [5.41, 5.74) is -1.30. The number of hydrogen-bond acceptors (Lipinski definition) is 4. The number of ether oxygens (including phenoxy) is 1. The zero-order valence-electron chi connectivity index (χ0n) is 9.53. The van der Waals surface area contributed by atoms with E-state index in [0.717, 1.165) is 0 Å². The molecule has 1 atom stereocenters. The molecule has 1 aliphatic heterocycles. The third-order valence-corrected chi connectivity index (χ3v) is 2.57. The number of likely N-dealkylation sites (tertiary alicyclic amines) is 1. The average molecular weight is 283 g/mol. The lowest BCUT2D eigenvalue weighted by Crippen LogP contribution is -2.34. The van der Waals surface area contributed by atoms with Gasteiger partial charge in [0.2, 0.25) is 5.91 Å². The highest BCUT2D eigenvalue weighted by Gasteiger charge is 2.43. The Morgan fingerprint density at radius 1 is 1.61 bits per heavy atom. The molecule has 8 heteroatoms. The van der Waals surface area contributed by atoms with Gasteiger partial charge >= 0.3 is 12.1 Å². The smallest absolute Gasteiger partial charge is 0.431 e. The van der Waals surface area contributed by atoms with Crippen molar-refractivity contribution in [2.75, 3.05) is 13.2 Å². The number of rotatable bonds is 3. The van der Waals surface area contributed by atoms with Crippen molar-refractivity contribution in [3.8, 4) is 0 Å². The first-order valence-electron chi connectivity index (χ1n) is 5.19. The molecular formula is C10H12F3NO3S. The zero-order chi connectivity index (χ0) is 13.9. The topological polar surface area (TPSA) is 46.6 Å². The molecule has 1 fully saturated rings. The van der Waals surface area contributed by atoms with Crippen LogP contribution in [0.4, 0.5) is 13.2 Å². The predicted molar refractivity (Wildman–Crippen MR) is 59.9 cm³/mol. The molecule has 0 bridgehead atoms. The summed E-state index contributed by atoms with van der Waals surface area (Å²) in [6.45, 7) is 1.26. The van der Waals surface area contributed by atoms with Crippen molar-refractivity contribution in [3.05, 3.63) is 11.8 Å². The molecule has 4 nitrogen and oxygen atoms in total. The van der Waals surface area contributed by atoms with Gasteiger partial charge in [0.15, 0.2) is 0 Å². The third-order valence-electron chi connectivity index (χ3n) is 2.23. The zero-order valence-corrected chi connectivity index (χ0v) is 10.4. The monoisotopic (exact) mass is 283 g/mol. The van der Waals surface area contributed by atoms with Crippen LogP contribution < -0.4 is 0 Å². The number of halogens is 3. The van der Waals surface area contributed by atoms with Gasteiger partial charge in [0, 0.05) is 18.2 Å². The Hall–Kier alpha value is -1.18. The number of allylic oxidation sites excluding steroid dienone is 1. The quantitative estimate of drug-likeness (QED) is 0.485. The number of esters is 1. The molecule has 0 spiro atoms. The minimum atomic E-state index is -4.79. The minimum Gasteiger partial charge on any atom is -0.463 e. The molecular weight excluding hydrogens is 271 g/mol. The molecule has 1 unspecified atom stereocenters. The van der Waals surface area contributed by atoms with Gasteiger partial charge in [-0.3, -0.25) is 4.79 Å². The maximum Gasteiger partial charge on any atom is 0.431 e. The summed E-state index contributed by atoms with van der Waals surface area (Å²) in [6, 6.07) is 0. The van der Waals surface area contributed by atoms with Crippen molar-refractivity contribution in [2.45, 2.75) is 24.8 Å². The summed E-state index contributed by atoms with van der Waals surface area (Å²) < 4.78 is 42.8. The maximum atomic E-state index is 12.8. The van der Waals surface area contributed by atoms with Crippen molar-refractivity contribution in [3.63, 3.8) is 0 Å². The third kappa shape index (κ3) is 3.66. The second-order valence-corrected chi connectivity index (χ2v) is 4.37. The van der Waals surface area contributed by atoms with Gasteiger partial charge in [0.1, 0.15) is 5.70 Å². The Morgan fingerprint density at radius 3 is 2.61 bits per heavy atom. The van der Waals surface area contributed by atoms with Crippen molar-refractivity contribution in [1.29, 1.82) is 0 Å². The first-order chi connectivity index (χ1) is 8.25. The number of amides is 1. The Kier molecular flexibility index (Phi) is 4.66.